The van der Waals surface area contributed by atoms with Crippen molar-refractivity contribution in [3.8, 4) is 0 Å². The molecule has 2 nitrogen and oxygen atoms in total. The van der Waals surface area contributed by atoms with Crippen molar-refractivity contribution in [3.63, 3.8) is 0 Å². The van der Waals surface area contributed by atoms with Crippen LogP contribution in [0.3, 0.4) is 0 Å². The van der Waals surface area contributed by atoms with E-state index in [1.54, 1.807) is 0 Å². The van der Waals surface area contributed by atoms with Crippen molar-refractivity contribution in [2.45, 2.75) is 98.1 Å². The van der Waals surface area contributed by atoms with Crippen molar-refractivity contribution in [1.82, 2.24) is 9.13 Å². The Morgan fingerprint density at radius 3 is 1.47 bits per heavy atom. The van der Waals surface area contributed by atoms with Crippen LogP contribution < -0.4 is 0 Å². The first kappa shape index (κ1) is 25.6. The standard InChI is InChI=1S/C23H38N2.C3H5.ClH.Pd/c1-20(2,3)15-22(7,8)24-17-25(19-14-12-11-13-18(19)24)23(9,10)16-21(4,5)6;1-3-2;;/h11-14H,15-16H2,1-10H3;3H,1-2H2;1H;/q;;;-1/p-1. The Hall–Kier alpha value is -0.618. The fraction of sp³-hybridized carbons (Fsp3) is 0.654. The molecule has 0 saturated heterocycles. The fourth-order valence-electron chi connectivity index (χ4n) is 5.29. The molecule has 0 fully saturated rings. The van der Waals surface area contributed by atoms with Gasteiger partial charge in [-0.25, -0.2) is 0 Å². The van der Waals surface area contributed by atoms with Crippen LogP contribution in [0.25, 0.3) is 11.0 Å². The Bertz CT molecular complexity index is 907. The molecule has 0 unspecified atom stereocenters. The number of nitrogens with zero attached hydrogens (tertiary/aromatic N) is 2. The van der Waals surface area contributed by atoms with Gasteiger partial charge in [0.25, 0.3) is 0 Å². The molecule has 0 aliphatic carbocycles. The molecule has 0 aliphatic rings. The first-order valence-electron chi connectivity index (χ1n) is 10.9. The number of imidazole rings is 1. The molecule has 1 heterocycles. The van der Waals surface area contributed by atoms with Crippen molar-refractivity contribution < 1.29 is 15.3 Å². The molecule has 2 rings (SSSR count). The topological polar surface area (TPSA) is 9.86 Å². The molecule has 0 amide bonds. The van der Waals surface area contributed by atoms with Crippen molar-refractivity contribution in [2.24, 2.45) is 10.8 Å². The zero-order valence-corrected chi connectivity index (χ0v) is 23.1. The van der Waals surface area contributed by atoms with Gasteiger partial charge in [-0.2, -0.15) is 0 Å². The van der Waals surface area contributed by atoms with Gasteiger partial charge in [0.15, 0.2) is 0 Å². The Labute approximate surface area is 194 Å². The molecule has 0 N–H and O–H groups in total. The van der Waals surface area contributed by atoms with E-state index in [0.717, 1.165) is 17.7 Å². The van der Waals surface area contributed by atoms with Gasteiger partial charge in [-0.3, -0.25) is 0 Å². The zero-order chi connectivity index (χ0) is 23.1. The summed E-state index contributed by atoms with van der Waals surface area (Å²) < 4.78 is 6.47. The van der Waals surface area contributed by atoms with Gasteiger partial charge in [-0.1, -0.05) is 0 Å². The van der Waals surface area contributed by atoms with Gasteiger partial charge in [0, 0.05) is 0 Å². The number of aromatic nitrogens is 2. The van der Waals surface area contributed by atoms with Crippen molar-refractivity contribution in [3.05, 3.63) is 40.8 Å². The zero-order valence-electron chi connectivity index (χ0n) is 20.8. The van der Waals surface area contributed by atoms with E-state index in [2.05, 4.69) is 109 Å². The number of hydrogen-bond donors (Lipinski definition) is 0. The Morgan fingerprint density at radius 1 is 0.800 bits per heavy atom. The average molecular weight is 526 g/mol. The third-order valence-corrected chi connectivity index (χ3v) is 8.86. The molecular formula is C26H43ClN2Pd-2. The summed E-state index contributed by atoms with van der Waals surface area (Å²) in [7, 11) is 7.25. The molecule has 30 heavy (non-hydrogen) atoms. The van der Waals surface area contributed by atoms with Gasteiger partial charge >= 0.3 is 195 Å². The van der Waals surface area contributed by atoms with E-state index < -0.39 is 15.3 Å². The molecule has 0 saturated carbocycles. The monoisotopic (exact) mass is 524 g/mol. The quantitative estimate of drug-likeness (QED) is 0.264. The molecular weight excluding hydrogens is 482 g/mol. The Balaban J connectivity index is 3.05. The average Bonchev–Trinajstić information content (AvgIpc) is 2.87. The van der Waals surface area contributed by atoms with E-state index in [0.29, 0.717) is 0 Å². The summed E-state index contributed by atoms with van der Waals surface area (Å²) in [6.07, 6.45) is 4.15. The number of hydrogen-bond acceptors (Lipinski definition) is 0. The van der Waals surface area contributed by atoms with Gasteiger partial charge in [0.1, 0.15) is 0 Å². The third kappa shape index (κ3) is 5.79. The summed E-state index contributed by atoms with van der Waals surface area (Å²) in [6, 6.07) is 8.86. The maximum absolute atomic E-state index is 7.25. The van der Waals surface area contributed by atoms with Crippen LogP contribution in [-0.2, 0) is 26.4 Å². The second-order valence-electron chi connectivity index (χ2n) is 12.2. The van der Waals surface area contributed by atoms with Gasteiger partial charge < -0.3 is 0 Å². The molecule has 0 bridgehead atoms. The molecule has 1 aromatic heterocycles. The van der Waals surface area contributed by atoms with Crippen LogP contribution in [-0.4, -0.2) is 9.13 Å². The number of rotatable bonds is 6. The predicted molar refractivity (Wildman–Crippen MR) is 131 cm³/mol. The fourth-order valence-corrected chi connectivity index (χ4v) is 9.07. The molecule has 1 aromatic carbocycles. The second-order valence-corrected chi connectivity index (χ2v) is 16.5. The molecule has 2 aromatic rings. The molecule has 176 valence electrons. The van der Waals surface area contributed by atoms with E-state index in [9.17, 15) is 0 Å². The summed E-state index contributed by atoms with van der Waals surface area (Å²) >= 11 is -1.51. The van der Waals surface area contributed by atoms with E-state index in [1.807, 2.05) is 6.08 Å². The SMILES string of the molecule is C=C[CH2][Pd-2]([Cl])=[c]1n(C(C)(C)CC(C)(C)C)c2ccccc2n1C(C)(C)CC(C)(C)C. The van der Waals surface area contributed by atoms with Crippen LogP contribution >= 0.6 is 9.53 Å². The van der Waals surface area contributed by atoms with Crippen molar-refractivity contribution in [2.75, 3.05) is 0 Å². The first-order chi connectivity index (χ1) is 13.5. The number of halogens is 1. The molecule has 4 heteroatoms. The number of fused-ring (bicyclic) bond motifs is 1. The summed E-state index contributed by atoms with van der Waals surface area (Å²) in [5.41, 5.74) is 2.92. The molecule has 0 aliphatic heterocycles. The Morgan fingerprint density at radius 2 is 1.17 bits per heavy atom. The third-order valence-electron chi connectivity index (χ3n) is 5.20. The van der Waals surface area contributed by atoms with E-state index >= 15 is 0 Å². The maximum atomic E-state index is 7.25. The van der Waals surface area contributed by atoms with Crippen molar-refractivity contribution in [1.29, 1.82) is 0 Å². The van der Waals surface area contributed by atoms with Crippen LogP contribution in [0.2, 0.25) is 4.89 Å². The van der Waals surface area contributed by atoms with E-state index in [4.69, 9.17) is 9.53 Å². The molecule has 0 atom stereocenters. The van der Waals surface area contributed by atoms with Crippen LogP contribution in [0.4, 0.5) is 0 Å². The minimum absolute atomic E-state index is 0.0496. The first-order valence-corrected chi connectivity index (χ1v) is 14.8. The summed E-state index contributed by atoms with van der Waals surface area (Å²) in [5.74, 6) is 0. The number of para-hydroxylation sites is 2. The summed E-state index contributed by atoms with van der Waals surface area (Å²) in [6.45, 7) is 27.5. The predicted octanol–water partition coefficient (Wildman–Crippen LogP) is 8.69. The number of allylic oxidation sites excluding steroid dienone is 1. The second kappa shape index (κ2) is 8.73. The molecule has 0 spiro atoms. The van der Waals surface area contributed by atoms with Gasteiger partial charge in [-0.05, 0) is 0 Å². The van der Waals surface area contributed by atoms with Gasteiger partial charge in [0.05, 0.1) is 0 Å². The Kier molecular flexibility index (Phi) is 7.46. The molecule has 0 radical (unpaired) electrons. The summed E-state index contributed by atoms with van der Waals surface area (Å²) in [5, 5.41) is 0. The van der Waals surface area contributed by atoms with Crippen LogP contribution in [0.1, 0.15) is 82.1 Å². The van der Waals surface area contributed by atoms with Crippen LogP contribution in [0.5, 0.6) is 0 Å². The van der Waals surface area contributed by atoms with Crippen molar-refractivity contribution >= 4 is 20.6 Å². The number of benzene rings is 1. The summed E-state index contributed by atoms with van der Waals surface area (Å²) in [4.78, 5) is 0.862. The van der Waals surface area contributed by atoms with Crippen LogP contribution in [0, 0.1) is 14.7 Å². The normalized spacial score (nSPS) is 14.3. The minimum atomic E-state index is -1.51. The van der Waals surface area contributed by atoms with E-state index in [1.165, 1.54) is 14.9 Å². The van der Waals surface area contributed by atoms with Crippen LogP contribution in [0.15, 0.2) is 36.9 Å². The van der Waals surface area contributed by atoms with E-state index in [-0.39, 0.29) is 21.9 Å². The van der Waals surface area contributed by atoms with Gasteiger partial charge in [0.2, 0.25) is 0 Å². The van der Waals surface area contributed by atoms with Gasteiger partial charge in [-0.15, -0.1) is 0 Å².